The Morgan fingerprint density at radius 3 is 2.60 bits per heavy atom. The molecule has 8 nitrogen and oxygen atoms in total. The highest BCUT2D eigenvalue weighted by molar-refractivity contribution is 6.34. The minimum absolute atomic E-state index is 0.0237. The molecular formula is C26H21ClN2O6. The van der Waals surface area contributed by atoms with Gasteiger partial charge in [0.2, 0.25) is 5.90 Å². The molecule has 35 heavy (non-hydrogen) atoms. The molecule has 3 aromatic carbocycles. The highest BCUT2D eigenvalue weighted by Crippen LogP contribution is 2.32. The fraction of sp³-hybridized carbons (Fsp3) is 0.154. The molecule has 0 fully saturated rings. The first-order valence-electron chi connectivity index (χ1n) is 10.8. The number of nitrogens with zero attached hydrogens (tertiary/aromatic N) is 2. The summed E-state index contributed by atoms with van der Waals surface area (Å²) in [6.45, 7) is 4.72. The van der Waals surface area contributed by atoms with E-state index in [2.05, 4.69) is 4.99 Å². The number of cyclic esters (lactones) is 1. The van der Waals surface area contributed by atoms with Gasteiger partial charge < -0.3 is 14.2 Å². The van der Waals surface area contributed by atoms with Gasteiger partial charge in [0.05, 0.1) is 22.1 Å². The molecular weight excluding hydrogens is 472 g/mol. The number of nitro groups is 1. The molecule has 1 aliphatic rings. The van der Waals surface area contributed by atoms with E-state index in [-0.39, 0.29) is 27.9 Å². The van der Waals surface area contributed by atoms with Crippen molar-refractivity contribution in [3.8, 4) is 11.5 Å². The molecule has 0 unspecified atom stereocenters. The predicted octanol–water partition coefficient (Wildman–Crippen LogP) is 5.88. The number of ether oxygens (including phenoxy) is 3. The smallest absolute Gasteiger partial charge is 0.363 e. The van der Waals surface area contributed by atoms with Crippen LogP contribution in [0.1, 0.15) is 29.2 Å². The van der Waals surface area contributed by atoms with Gasteiger partial charge in [0, 0.05) is 12.1 Å². The summed E-state index contributed by atoms with van der Waals surface area (Å²) in [5.41, 5.74) is 3.03. The van der Waals surface area contributed by atoms with Crippen molar-refractivity contribution in [2.75, 3.05) is 6.61 Å². The van der Waals surface area contributed by atoms with Crippen LogP contribution in [-0.4, -0.2) is 23.4 Å². The van der Waals surface area contributed by atoms with Crippen molar-refractivity contribution in [1.82, 2.24) is 0 Å². The zero-order valence-electron chi connectivity index (χ0n) is 19.0. The average Bonchev–Trinajstić information content (AvgIpc) is 3.19. The number of hydrogen-bond donors (Lipinski definition) is 0. The van der Waals surface area contributed by atoms with Gasteiger partial charge in [-0.1, -0.05) is 41.9 Å². The summed E-state index contributed by atoms with van der Waals surface area (Å²) in [5.74, 6) is 0.425. The summed E-state index contributed by atoms with van der Waals surface area (Å²) >= 11 is 6.14. The third kappa shape index (κ3) is 5.50. The van der Waals surface area contributed by atoms with Crippen LogP contribution in [-0.2, 0) is 16.1 Å². The lowest BCUT2D eigenvalue weighted by molar-refractivity contribution is -0.384. The molecule has 0 aromatic heterocycles. The van der Waals surface area contributed by atoms with Crippen LogP contribution in [0.5, 0.6) is 11.5 Å². The maximum atomic E-state index is 12.4. The first-order chi connectivity index (χ1) is 16.9. The predicted molar refractivity (Wildman–Crippen MR) is 132 cm³/mol. The van der Waals surface area contributed by atoms with Crippen molar-refractivity contribution in [3.05, 3.63) is 104 Å². The highest BCUT2D eigenvalue weighted by atomic mass is 35.5. The van der Waals surface area contributed by atoms with Gasteiger partial charge >= 0.3 is 5.97 Å². The second-order valence-electron chi connectivity index (χ2n) is 7.61. The van der Waals surface area contributed by atoms with E-state index in [9.17, 15) is 14.9 Å². The van der Waals surface area contributed by atoms with Crippen LogP contribution < -0.4 is 9.47 Å². The monoisotopic (exact) mass is 492 g/mol. The van der Waals surface area contributed by atoms with Crippen molar-refractivity contribution in [1.29, 1.82) is 0 Å². The Balaban J connectivity index is 1.58. The van der Waals surface area contributed by atoms with E-state index >= 15 is 0 Å². The fourth-order valence-corrected chi connectivity index (χ4v) is 3.66. The van der Waals surface area contributed by atoms with Gasteiger partial charge in [-0.15, -0.1) is 0 Å². The molecule has 0 aliphatic carbocycles. The number of hydrogen-bond acceptors (Lipinski definition) is 7. The normalized spacial score (nSPS) is 14.0. The van der Waals surface area contributed by atoms with E-state index in [1.165, 1.54) is 18.2 Å². The zero-order valence-corrected chi connectivity index (χ0v) is 19.7. The highest BCUT2D eigenvalue weighted by Gasteiger charge is 2.26. The molecule has 0 bridgehead atoms. The number of benzene rings is 3. The molecule has 3 aromatic rings. The Labute approximate surface area is 206 Å². The summed E-state index contributed by atoms with van der Waals surface area (Å²) in [6.07, 6.45) is 1.56. The molecule has 0 atom stereocenters. The second-order valence-corrected chi connectivity index (χ2v) is 8.02. The second kappa shape index (κ2) is 10.4. The SMILES string of the molecule is CCOc1cc(/C=C2\N=C(c3ccc([N+](=O)[O-])cc3Cl)OC2=O)ccc1OCc1ccccc1C. The van der Waals surface area contributed by atoms with Crippen LogP contribution in [0.4, 0.5) is 5.69 Å². The molecule has 9 heteroatoms. The molecule has 4 rings (SSSR count). The average molecular weight is 493 g/mol. The largest absolute Gasteiger partial charge is 0.490 e. The van der Waals surface area contributed by atoms with E-state index in [0.29, 0.717) is 30.3 Å². The van der Waals surface area contributed by atoms with Crippen LogP contribution in [0.3, 0.4) is 0 Å². The zero-order chi connectivity index (χ0) is 24.9. The third-order valence-corrected chi connectivity index (χ3v) is 5.54. The van der Waals surface area contributed by atoms with Crippen molar-refractivity contribution in [2.24, 2.45) is 4.99 Å². The van der Waals surface area contributed by atoms with E-state index in [0.717, 1.165) is 11.1 Å². The molecule has 0 saturated heterocycles. The van der Waals surface area contributed by atoms with E-state index in [1.54, 1.807) is 24.3 Å². The summed E-state index contributed by atoms with van der Waals surface area (Å²) in [6, 6.07) is 17.1. The van der Waals surface area contributed by atoms with Crippen molar-refractivity contribution in [2.45, 2.75) is 20.5 Å². The Hall–Kier alpha value is -4.17. The molecule has 0 spiro atoms. The number of non-ortho nitro benzene ring substituents is 1. The number of aryl methyl sites for hydroxylation is 1. The van der Waals surface area contributed by atoms with Gasteiger partial charge in [-0.25, -0.2) is 9.79 Å². The number of carbonyl (C=O) groups excluding carboxylic acids is 1. The fourth-order valence-electron chi connectivity index (χ4n) is 3.40. The van der Waals surface area contributed by atoms with Crippen LogP contribution in [0, 0.1) is 17.0 Å². The Kier molecular flexibility index (Phi) is 7.12. The molecule has 178 valence electrons. The molecule has 1 aliphatic heterocycles. The van der Waals surface area contributed by atoms with Crippen LogP contribution in [0.25, 0.3) is 6.08 Å². The van der Waals surface area contributed by atoms with Gasteiger partial charge in [0.1, 0.15) is 6.61 Å². The van der Waals surface area contributed by atoms with E-state index in [4.69, 9.17) is 25.8 Å². The molecule has 1 heterocycles. The molecule has 0 radical (unpaired) electrons. The van der Waals surface area contributed by atoms with Crippen molar-refractivity contribution < 1.29 is 23.9 Å². The maximum absolute atomic E-state index is 12.4. The summed E-state index contributed by atoms with van der Waals surface area (Å²) in [4.78, 5) is 27.0. The lowest BCUT2D eigenvalue weighted by Gasteiger charge is -2.13. The van der Waals surface area contributed by atoms with Gasteiger partial charge in [-0.3, -0.25) is 10.1 Å². The molecule has 0 amide bonds. The van der Waals surface area contributed by atoms with Crippen molar-refractivity contribution >= 4 is 35.2 Å². The summed E-state index contributed by atoms with van der Waals surface area (Å²) in [5, 5.41) is 11.0. The number of aliphatic imine (C=N–C) groups is 1. The van der Waals surface area contributed by atoms with Gasteiger partial charge in [-0.05, 0) is 54.8 Å². The topological polar surface area (TPSA) is 100 Å². The van der Waals surface area contributed by atoms with Gasteiger partial charge in [-0.2, -0.15) is 0 Å². The lowest BCUT2D eigenvalue weighted by atomic mass is 10.1. The summed E-state index contributed by atoms with van der Waals surface area (Å²) in [7, 11) is 0. The third-order valence-electron chi connectivity index (χ3n) is 5.23. The van der Waals surface area contributed by atoms with E-state index < -0.39 is 10.9 Å². The minimum Gasteiger partial charge on any atom is -0.490 e. The number of carbonyl (C=O) groups is 1. The number of nitro benzene ring substituents is 1. The standard InChI is InChI=1S/C26H21ClN2O6/c1-3-33-24-13-17(8-11-23(24)34-15-18-7-5-4-6-16(18)2)12-22-26(30)35-25(28-22)20-10-9-19(29(31)32)14-21(20)27/h4-14H,3,15H2,1-2H3/b22-12-. The van der Waals surface area contributed by atoms with Crippen LogP contribution >= 0.6 is 11.6 Å². The first kappa shape index (κ1) is 24.0. The number of halogens is 1. The van der Waals surface area contributed by atoms with Gasteiger partial charge in [0.25, 0.3) is 5.69 Å². The van der Waals surface area contributed by atoms with Gasteiger partial charge in [0.15, 0.2) is 17.2 Å². The quantitative estimate of drug-likeness (QED) is 0.168. The van der Waals surface area contributed by atoms with Crippen molar-refractivity contribution in [3.63, 3.8) is 0 Å². The number of rotatable bonds is 8. The summed E-state index contributed by atoms with van der Waals surface area (Å²) < 4.78 is 17.0. The number of esters is 1. The lowest BCUT2D eigenvalue weighted by Crippen LogP contribution is -2.06. The van der Waals surface area contributed by atoms with Crippen LogP contribution in [0.2, 0.25) is 5.02 Å². The Morgan fingerprint density at radius 2 is 1.89 bits per heavy atom. The minimum atomic E-state index is -0.660. The first-order valence-corrected chi connectivity index (χ1v) is 11.1. The maximum Gasteiger partial charge on any atom is 0.363 e. The van der Waals surface area contributed by atoms with E-state index in [1.807, 2.05) is 38.1 Å². The molecule has 0 saturated carbocycles. The van der Waals surface area contributed by atoms with Crippen LogP contribution in [0.15, 0.2) is 71.4 Å². The Morgan fingerprint density at radius 1 is 1.09 bits per heavy atom. The Bertz CT molecular complexity index is 1370. The molecule has 0 N–H and O–H groups in total.